The molecule has 0 saturated carbocycles. The molecule has 6 heteroatoms. The number of nitrogens with zero attached hydrogens (tertiary/aromatic N) is 2. The maximum Gasteiger partial charge on any atom is 0.238 e. The Hall–Kier alpha value is -2.96. The lowest BCUT2D eigenvalue weighted by molar-refractivity contribution is 0.544. The summed E-state index contributed by atoms with van der Waals surface area (Å²) in [5.41, 5.74) is 4.04. The van der Waals surface area contributed by atoms with E-state index < -0.39 is 10.0 Å². The molecule has 2 aromatic heterocycles. The van der Waals surface area contributed by atoms with Gasteiger partial charge < -0.3 is 4.57 Å². The zero-order chi connectivity index (χ0) is 20.4. The van der Waals surface area contributed by atoms with Gasteiger partial charge in [-0.05, 0) is 30.2 Å². The number of primary sulfonamides is 1. The summed E-state index contributed by atoms with van der Waals surface area (Å²) in [5, 5.41) is 6.62. The van der Waals surface area contributed by atoms with E-state index in [4.69, 9.17) is 5.14 Å². The summed E-state index contributed by atoms with van der Waals surface area (Å²) in [6.45, 7) is 2.72. The molecule has 4 rings (SSSR count). The highest BCUT2D eigenvalue weighted by molar-refractivity contribution is 7.89. The zero-order valence-electron chi connectivity index (χ0n) is 16.2. The van der Waals surface area contributed by atoms with Crippen LogP contribution in [0.25, 0.3) is 22.0 Å². The molecule has 0 fully saturated rings. The van der Waals surface area contributed by atoms with Crippen molar-refractivity contribution in [3.8, 4) is 11.1 Å². The van der Waals surface area contributed by atoms with Crippen molar-refractivity contribution < 1.29 is 8.42 Å². The molecule has 0 radical (unpaired) electrons. The Labute approximate surface area is 170 Å². The van der Waals surface area contributed by atoms with Crippen LogP contribution in [0, 0.1) is 0 Å². The van der Waals surface area contributed by atoms with Crippen LogP contribution in [0.2, 0.25) is 0 Å². The van der Waals surface area contributed by atoms with Crippen LogP contribution >= 0.6 is 0 Å². The highest BCUT2D eigenvalue weighted by Crippen LogP contribution is 2.33. The molecule has 0 aliphatic heterocycles. The number of hydrogen-bond donors (Lipinski definition) is 1. The van der Waals surface area contributed by atoms with Gasteiger partial charge >= 0.3 is 0 Å². The highest BCUT2D eigenvalue weighted by Gasteiger charge is 2.21. The van der Waals surface area contributed by atoms with E-state index in [1.165, 1.54) is 0 Å². The monoisotopic (exact) mass is 405 g/mol. The van der Waals surface area contributed by atoms with E-state index in [1.54, 1.807) is 18.3 Å². The topological polar surface area (TPSA) is 78.0 Å². The number of pyridine rings is 1. The number of hydrogen-bond acceptors (Lipinski definition) is 3. The van der Waals surface area contributed by atoms with Crippen molar-refractivity contribution in [2.75, 3.05) is 0 Å². The molecule has 4 aromatic rings. The minimum absolute atomic E-state index is 0.0158. The van der Waals surface area contributed by atoms with E-state index >= 15 is 0 Å². The largest absolute Gasteiger partial charge is 0.346 e. The lowest BCUT2D eigenvalue weighted by atomic mass is 9.96. The number of aromatic nitrogens is 2. The standard InChI is InChI=1S/C23H23N3O2S/c1-2-17(19-9-4-6-12-23(19)29(24,27)28)15-26-16-21(18-8-7-13-25-14-18)20-10-3-5-11-22(20)26/h3-14,16-17H,2,15H2,1H3,(H2,24,27,28)/t17-/m1/s1. The van der Waals surface area contributed by atoms with E-state index in [-0.39, 0.29) is 10.8 Å². The first kappa shape index (κ1) is 19.4. The third kappa shape index (κ3) is 3.81. The summed E-state index contributed by atoms with van der Waals surface area (Å²) >= 11 is 0. The van der Waals surface area contributed by atoms with Crippen LogP contribution in [0.3, 0.4) is 0 Å². The molecular formula is C23H23N3O2S. The normalized spacial score (nSPS) is 12.9. The van der Waals surface area contributed by atoms with Gasteiger partial charge in [0.15, 0.2) is 0 Å². The van der Waals surface area contributed by atoms with Crippen molar-refractivity contribution in [2.45, 2.75) is 30.7 Å². The van der Waals surface area contributed by atoms with Crippen molar-refractivity contribution in [2.24, 2.45) is 5.14 Å². The maximum absolute atomic E-state index is 12.1. The second-order valence-corrected chi connectivity index (χ2v) is 8.67. The number of para-hydroxylation sites is 1. The predicted octanol–water partition coefficient (Wildman–Crippen LogP) is 4.54. The minimum atomic E-state index is -3.78. The second-order valence-electron chi connectivity index (χ2n) is 7.14. The quantitative estimate of drug-likeness (QED) is 0.511. The summed E-state index contributed by atoms with van der Waals surface area (Å²) in [6, 6.07) is 19.2. The second kappa shape index (κ2) is 7.81. The van der Waals surface area contributed by atoms with Crippen molar-refractivity contribution >= 4 is 20.9 Å². The molecule has 0 unspecified atom stereocenters. The first-order valence-electron chi connectivity index (χ1n) is 9.59. The Balaban J connectivity index is 1.81. The molecule has 0 amide bonds. The van der Waals surface area contributed by atoms with Crippen LogP contribution in [-0.2, 0) is 16.6 Å². The van der Waals surface area contributed by atoms with E-state index in [2.05, 4.69) is 34.8 Å². The number of sulfonamides is 1. The lowest BCUT2D eigenvalue weighted by Crippen LogP contribution is -2.17. The first-order chi connectivity index (χ1) is 14.0. The molecule has 148 valence electrons. The van der Waals surface area contributed by atoms with Gasteiger partial charge in [-0.15, -0.1) is 0 Å². The molecule has 5 nitrogen and oxygen atoms in total. The van der Waals surface area contributed by atoms with Gasteiger partial charge in [-0.3, -0.25) is 4.98 Å². The van der Waals surface area contributed by atoms with Gasteiger partial charge in [0.05, 0.1) is 4.90 Å². The molecular weight excluding hydrogens is 382 g/mol. The van der Waals surface area contributed by atoms with Gasteiger partial charge in [0.1, 0.15) is 0 Å². The number of benzene rings is 2. The number of nitrogens with two attached hydrogens (primary N) is 1. The molecule has 2 N–H and O–H groups in total. The van der Waals surface area contributed by atoms with Crippen LogP contribution in [0.5, 0.6) is 0 Å². The van der Waals surface area contributed by atoms with Gasteiger partial charge in [0.2, 0.25) is 10.0 Å². The van der Waals surface area contributed by atoms with Crippen LogP contribution in [0.4, 0.5) is 0 Å². The van der Waals surface area contributed by atoms with Crippen LogP contribution < -0.4 is 5.14 Å². The summed E-state index contributed by atoms with van der Waals surface area (Å²) in [4.78, 5) is 4.46. The van der Waals surface area contributed by atoms with Gasteiger partial charge in [0, 0.05) is 53.1 Å². The molecule has 2 heterocycles. The lowest BCUT2D eigenvalue weighted by Gasteiger charge is -2.19. The molecule has 0 aliphatic carbocycles. The van der Waals surface area contributed by atoms with E-state index in [1.807, 2.05) is 42.6 Å². The maximum atomic E-state index is 12.1. The summed E-state index contributed by atoms with van der Waals surface area (Å²) in [7, 11) is -3.78. The molecule has 0 bridgehead atoms. The Morgan fingerprint density at radius 3 is 2.52 bits per heavy atom. The van der Waals surface area contributed by atoms with Gasteiger partial charge in [-0.1, -0.05) is 49.4 Å². The zero-order valence-corrected chi connectivity index (χ0v) is 17.0. The molecule has 0 aliphatic rings. The third-order valence-electron chi connectivity index (χ3n) is 5.34. The smallest absolute Gasteiger partial charge is 0.238 e. The summed E-state index contributed by atoms with van der Waals surface area (Å²) < 4.78 is 26.4. The number of rotatable bonds is 6. The fraction of sp³-hybridized carbons (Fsp3) is 0.174. The molecule has 29 heavy (non-hydrogen) atoms. The fourth-order valence-corrected chi connectivity index (χ4v) is 4.74. The van der Waals surface area contributed by atoms with Crippen LogP contribution in [0.1, 0.15) is 24.8 Å². The highest BCUT2D eigenvalue weighted by atomic mass is 32.2. The van der Waals surface area contributed by atoms with Gasteiger partial charge in [0.25, 0.3) is 0 Å². The van der Waals surface area contributed by atoms with E-state index in [0.717, 1.165) is 34.0 Å². The third-order valence-corrected chi connectivity index (χ3v) is 6.32. The summed E-state index contributed by atoms with van der Waals surface area (Å²) in [6.07, 6.45) is 6.55. The Bertz CT molecular complexity index is 1250. The number of fused-ring (bicyclic) bond motifs is 1. The molecule has 0 spiro atoms. The van der Waals surface area contributed by atoms with Gasteiger partial charge in [-0.25, -0.2) is 13.6 Å². The predicted molar refractivity (Wildman–Crippen MR) is 116 cm³/mol. The SMILES string of the molecule is CC[C@H](Cn1cc(-c2cccnc2)c2ccccc21)c1ccccc1S(N)(=O)=O. The fourth-order valence-electron chi connectivity index (χ4n) is 3.91. The van der Waals surface area contributed by atoms with Gasteiger partial charge in [-0.2, -0.15) is 0 Å². The first-order valence-corrected chi connectivity index (χ1v) is 11.1. The minimum Gasteiger partial charge on any atom is -0.346 e. The molecule has 2 aromatic carbocycles. The van der Waals surface area contributed by atoms with Crippen molar-refractivity contribution in [1.29, 1.82) is 0 Å². The van der Waals surface area contributed by atoms with Crippen molar-refractivity contribution in [1.82, 2.24) is 9.55 Å². The molecule has 0 saturated heterocycles. The average Bonchev–Trinajstić information content (AvgIpc) is 3.10. The molecule has 1 atom stereocenters. The van der Waals surface area contributed by atoms with E-state index in [9.17, 15) is 8.42 Å². The summed E-state index contributed by atoms with van der Waals surface area (Å²) in [5.74, 6) is 0.0158. The van der Waals surface area contributed by atoms with Crippen LogP contribution in [-0.4, -0.2) is 18.0 Å². The Kier molecular flexibility index (Phi) is 5.22. The van der Waals surface area contributed by atoms with E-state index in [0.29, 0.717) is 6.54 Å². The average molecular weight is 406 g/mol. The van der Waals surface area contributed by atoms with Crippen LogP contribution in [0.15, 0.2) is 84.1 Å². The van der Waals surface area contributed by atoms with Crippen molar-refractivity contribution in [3.05, 3.63) is 84.8 Å². The Morgan fingerprint density at radius 2 is 1.79 bits per heavy atom. The van der Waals surface area contributed by atoms with Crippen molar-refractivity contribution in [3.63, 3.8) is 0 Å². The Morgan fingerprint density at radius 1 is 1.03 bits per heavy atom.